The molecular weight excluding hydrogens is 292 g/mol. The molecule has 0 radical (unpaired) electrons. The van der Waals surface area contributed by atoms with Crippen LogP contribution in [0.3, 0.4) is 0 Å². The number of carbonyl (C=O) groups excluding carboxylic acids is 1. The summed E-state index contributed by atoms with van der Waals surface area (Å²) in [6.45, 7) is 0. The molecule has 2 aromatic carbocycles. The van der Waals surface area contributed by atoms with E-state index in [2.05, 4.69) is 5.32 Å². The van der Waals surface area contributed by atoms with Crippen molar-refractivity contribution < 1.29 is 9.72 Å². The molecule has 1 aliphatic rings. The first-order chi connectivity index (χ1) is 10.1. The van der Waals surface area contributed by atoms with Gasteiger partial charge >= 0.3 is 0 Å². The number of halogens is 1. The van der Waals surface area contributed by atoms with Crippen molar-refractivity contribution in [3.8, 4) is 0 Å². The van der Waals surface area contributed by atoms with E-state index in [1.165, 1.54) is 18.2 Å². The highest BCUT2D eigenvalue weighted by molar-refractivity contribution is 6.37. The molecule has 0 fully saturated rings. The minimum atomic E-state index is -0.499. The van der Waals surface area contributed by atoms with E-state index >= 15 is 0 Å². The van der Waals surface area contributed by atoms with Gasteiger partial charge in [-0.25, -0.2) is 0 Å². The molecule has 0 saturated heterocycles. The van der Waals surface area contributed by atoms with Gasteiger partial charge in [0.05, 0.1) is 4.92 Å². The van der Waals surface area contributed by atoms with Gasteiger partial charge in [-0.1, -0.05) is 29.8 Å². The zero-order chi connectivity index (χ0) is 15.0. The van der Waals surface area contributed by atoms with Crippen LogP contribution < -0.4 is 5.32 Å². The maximum Gasteiger partial charge on any atom is 0.270 e. The Morgan fingerprint density at radius 2 is 1.95 bits per heavy atom. The minimum absolute atomic E-state index is 0.0714. The van der Waals surface area contributed by atoms with Crippen molar-refractivity contribution in [2.45, 2.75) is 0 Å². The molecule has 6 heteroatoms. The third kappa shape index (κ3) is 2.39. The number of rotatable bonds is 2. The highest BCUT2D eigenvalue weighted by Crippen LogP contribution is 2.34. The summed E-state index contributed by atoms with van der Waals surface area (Å²) < 4.78 is 0. The molecule has 21 heavy (non-hydrogen) atoms. The van der Waals surface area contributed by atoms with Gasteiger partial charge in [-0.3, -0.25) is 14.9 Å². The minimum Gasteiger partial charge on any atom is -0.321 e. The molecule has 3 rings (SSSR count). The molecule has 0 spiro atoms. The van der Waals surface area contributed by atoms with Crippen LogP contribution in [0.15, 0.2) is 42.5 Å². The third-order valence-corrected chi connectivity index (χ3v) is 3.54. The fraction of sp³-hybridized carbons (Fsp3) is 0. The Kier molecular flexibility index (Phi) is 3.19. The third-order valence-electron chi connectivity index (χ3n) is 3.20. The van der Waals surface area contributed by atoms with Gasteiger partial charge in [0.25, 0.3) is 11.6 Å². The molecule has 0 unspecified atom stereocenters. The van der Waals surface area contributed by atoms with E-state index in [4.69, 9.17) is 11.6 Å². The Hall–Kier alpha value is -2.66. The fourth-order valence-electron chi connectivity index (χ4n) is 2.19. The van der Waals surface area contributed by atoms with E-state index in [-0.39, 0.29) is 11.6 Å². The number of nitrogens with zero attached hydrogens (tertiary/aromatic N) is 1. The molecule has 1 heterocycles. The van der Waals surface area contributed by atoms with Crippen LogP contribution in [-0.4, -0.2) is 10.8 Å². The number of hydrogen-bond donors (Lipinski definition) is 1. The molecule has 1 amide bonds. The molecule has 0 bridgehead atoms. The van der Waals surface area contributed by atoms with Gasteiger partial charge in [0, 0.05) is 39.5 Å². The van der Waals surface area contributed by atoms with Crippen LogP contribution in [0.4, 0.5) is 11.4 Å². The molecular formula is C15H9ClN2O3. The monoisotopic (exact) mass is 300 g/mol. The molecule has 104 valence electrons. The van der Waals surface area contributed by atoms with Crippen molar-refractivity contribution in [1.82, 2.24) is 0 Å². The molecule has 0 saturated carbocycles. The van der Waals surface area contributed by atoms with Crippen molar-refractivity contribution in [1.29, 1.82) is 0 Å². The second-order valence-electron chi connectivity index (χ2n) is 4.52. The van der Waals surface area contributed by atoms with Crippen molar-refractivity contribution in [2.75, 3.05) is 5.32 Å². The molecule has 0 aromatic heterocycles. The predicted molar refractivity (Wildman–Crippen MR) is 81.0 cm³/mol. The normalized spacial score (nSPS) is 14.9. The SMILES string of the molecule is O=C1Nc2ccccc2/C1=C\c1cc([N+](=O)[O-])ccc1Cl. The van der Waals surface area contributed by atoms with Gasteiger partial charge in [-0.05, 0) is 18.2 Å². The summed E-state index contributed by atoms with van der Waals surface area (Å²) in [5.74, 6) is -0.251. The van der Waals surface area contributed by atoms with Crippen LogP contribution in [0, 0.1) is 10.1 Å². The molecule has 5 nitrogen and oxygen atoms in total. The molecule has 0 aliphatic carbocycles. The highest BCUT2D eigenvalue weighted by atomic mass is 35.5. The van der Waals surface area contributed by atoms with E-state index < -0.39 is 4.92 Å². The van der Waals surface area contributed by atoms with Crippen molar-refractivity contribution in [3.05, 3.63) is 68.7 Å². The predicted octanol–water partition coefficient (Wildman–Crippen LogP) is 3.74. The average molecular weight is 301 g/mol. The molecule has 1 N–H and O–H groups in total. The maximum atomic E-state index is 12.0. The van der Waals surface area contributed by atoms with Crippen molar-refractivity contribution in [2.24, 2.45) is 0 Å². The van der Waals surface area contributed by atoms with Crippen molar-refractivity contribution in [3.63, 3.8) is 0 Å². The summed E-state index contributed by atoms with van der Waals surface area (Å²) in [6.07, 6.45) is 1.57. The van der Waals surface area contributed by atoms with E-state index in [9.17, 15) is 14.9 Å². The lowest BCUT2D eigenvalue weighted by Crippen LogP contribution is -2.03. The van der Waals surface area contributed by atoms with E-state index in [1.807, 2.05) is 18.2 Å². The summed E-state index contributed by atoms with van der Waals surface area (Å²) in [7, 11) is 0. The van der Waals surface area contributed by atoms with Gasteiger partial charge in [0.2, 0.25) is 0 Å². The lowest BCUT2D eigenvalue weighted by atomic mass is 10.0. The topological polar surface area (TPSA) is 72.2 Å². The van der Waals surface area contributed by atoms with Crippen LogP contribution in [0.5, 0.6) is 0 Å². The summed E-state index contributed by atoms with van der Waals surface area (Å²) in [6, 6.07) is 11.4. The van der Waals surface area contributed by atoms with Crippen LogP contribution in [-0.2, 0) is 4.79 Å². The van der Waals surface area contributed by atoms with Crippen LogP contribution in [0.1, 0.15) is 11.1 Å². The maximum absolute atomic E-state index is 12.0. The number of carbonyl (C=O) groups is 1. The lowest BCUT2D eigenvalue weighted by molar-refractivity contribution is -0.384. The zero-order valence-corrected chi connectivity index (χ0v) is 11.4. The van der Waals surface area contributed by atoms with Gasteiger partial charge in [0.15, 0.2) is 0 Å². The second kappa shape index (κ2) is 5.03. The number of amides is 1. The van der Waals surface area contributed by atoms with Gasteiger partial charge < -0.3 is 5.32 Å². The summed E-state index contributed by atoms with van der Waals surface area (Å²) in [4.78, 5) is 22.3. The second-order valence-corrected chi connectivity index (χ2v) is 4.93. The Labute approximate surface area is 125 Å². The molecule has 0 atom stereocenters. The van der Waals surface area contributed by atoms with Crippen molar-refractivity contribution >= 4 is 40.5 Å². The molecule has 2 aromatic rings. The number of anilines is 1. The highest BCUT2D eigenvalue weighted by Gasteiger charge is 2.23. The quantitative estimate of drug-likeness (QED) is 0.521. The largest absolute Gasteiger partial charge is 0.321 e. The van der Waals surface area contributed by atoms with Gasteiger partial charge in [-0.15, -0.1) is 0 Å². The number of nitro benzene ring substituents is 1. The van der Waals surface area contributed by atoms with E-state index in [0.29, 0.717) is 16.2 Å². The van der Waals surface area contributed by atoms with Crippen LogP contribution in [0.2, 0.25) is 5.02 Å². The number of nitro groups is 1. The Bertz CT molecular complexity index is 799. The number of benzene rings is 2. The summed E-state index contributed by atoms with van der Waals surface area (Å²) in [5, 5.41) is 13.9. The van der Waals surface area contributed by atoms with Gasteiger partial charge in [0.1, 0.15) is 0 Å². The number of hydrogen-bond acceptors (Lipinski definition) is 3. The Balaban J connectivity index is 2.12. The van der Waals surface area contributed by atoms with Crippen LogP contribution >= 0.6 is 11.6 Å². The first-order valence-corrected chi connectivity index (χ1v) is 6.50. The zero-order valence-electron chi connectivity index (χ0n) is 10.7. The van der Waals surface area contributed by atoms with Crippen LogP contribution in [0.25, 0.3) is 11.6 Å². The first kappa shape index (κ1) is 13.3. The summed E-state index contributed by atoms with van der Waals surface area (Å²) >= 11 is 6.06. The van der Waals surface area contributed by atoms with E-state index in [1.54, 1.807) is 12.1 Å². The lowest BCUT2D eigenvalue weighted by Gasteiger charge is -2.01. The molecule has 1 aliphatic heterocycles. The van der Waals surface area contributed by atoms with Gasteiger partial charge in [-0.2, -0.15) is 0 Å². The number of non-ortho nitro benzene ring substituents is 1. The average Bonchev–Trinajstić information content (AvgIpc) is 2.77. The first-order valence-electron chi connectivity index (χ1n) is 6.12. The smallest absolute Gasteiger partial charge is 0.270 e. The number of fused-ring (bicyclic) bond motifs is 1. The summed E-state index contributed by atoms with van der Waals surface area (Å²) in [5.41, 5.74) is 2.28. The Morgan fingerprint density at radius 3 is 2.71 bits per heavy atom. The number of nitrogens with one attached hydrogen (secondary N) is 1. The standard InChI is InChI=1S/C15H9ClN2O3/c16-13-6-5-10(18(20)21)7-9(13)8-12-11-3-1-2-4-14(11)17-15(12)19/h1-8H,(H,17,19)/b12-8+. The number of para-hydroxylation sites is 1. The Morgan fingerprint density at radius 1 is 1.19 bits per heavy atom. The van der Waals surface area contributed by atoms with E-state index in [0.717, 1.165) is 11.3 Å². The fourth-order valence-corrected chi connectivity index (χ4v) is 2.37.